The maximum absolute atomic E-state index is 12.7. The van der Waals surface area contributed by atoms with Crippen molar-refractivity contribution in [2.24, 2.45) is 5.92 Å². The molecular formula is C22H24ClN3O3S. The number of halogens is 1. The molecule has 0 spiro atoms. The molecule has 2 heterocycles. The van der Waals surface area contributed by atoms with Crippen LogP contribution in [-0.4, -0.2) is 43.2 Å². The maximum atomic E-state index is 12.7. The van der Waals surface area contributed by atoms with Crippen molar-refractivity contribution >= 4 is 38.4 Å². The Kier molecular flexibility index (Phi) is 6.13. The van der Waals surface area contributed by atoms with E-state index in [0.717, 1.165) is 29.3 Å². The third-order valence-electron chi connectivity index (χ3n) is 5.62. The summed E-state index contributed by atoms with van der Waals surface area (Å²) in [6.45, 7) is 1.51. The number of aromatic nitrogens is 1. The highest BCUT2D eigenvalue weighted by molar-refractivity contribution is 7.89. The molecule has 1 amide bonds. The molecule has 30 heavy (non-hydrogen) atoms. The predicted molar refractivity (Wildman–Crippen MR) is 118 cm³/mol. The lowest BCUT2D eigenvalue weighted by Crippen LogP contribution is -2.41. The Hall–Kier alpha value is -2.35. The molecule has 2 N–H and O–H groups in total. The van der Waals surface area contributed by atoms with E-state index < -0.39 is 10.0 Å². The van der Waals surface area contributed by atoms with Crippen LogP contribution in [0, 0.1) is 5.92 Å². The summed E-state index contributed by atoms with van der Waals surface area (Å²) in [6, 6.07) is 14.1. The Morgan fingerprint density at radius 2 is 1.87 bits per heavy atom. The number of hydrogen-bond donors (Lipinski definition) is 2. The van der Waals surface area contributed by atoms with Crippen LogP contribution in [-0.2, 0) is 21.2 Å². The van der Waals surface area contributed by atoms with Crippen molar-refractivity contribution in [2.75, 3.05) is 19.6 Å². The average Bonchev–Trinajstić information content (AvgIpc) is 3.14. The van der Waals surface area contributed by atoms with E-state index in [2.05, 4.69) is 10.3 Å². The van der Waals surface area contributed by atoms with Crippen molar-refractivity contribution in [1.82, 2.24) is 14.6 Å². The molecule has 1 fully saturated rings. The number of piperidine rings is 1. The van der Waals surface area contributed by atoms with Gasteiger partial charge in [0.15, 0.2) is 0 Å². The van der Waals surface area contributed by atoms with Gasteiger partial charge in [0.2, 0.25) is 15.9 Å². The van der Waals surface area contributed by atoms with Crippen molar-refractivity contribution in [3.05, 3.63) is 65.3 Å². The fourth-order valence-electron chi connectivity index (χ4n) is 3.89. The topological polar surface area (TPSA) is 82.3 Å². The van der Waals surface area contributed by atoms with Gasteiger partial charge in [-0.25, -0.2) is 8.42 Å². The van der Waals surface area contributed by atoms with E-state index in [1.807, 2.05) is 24.4 Å². The van der Waals surface area contributed by atoms with Gasteiger partial charge in [-0.3, -0.25) is 4.79 Å². The number of carbonyl (C=O) groups is 1. The van der Waals surface area contributed by atoms with E-state index in [0.29, 0.717) is 36.0 Å². The van der Waals surface area contributed by atoms with Crippen LogP contribution in [0.3, 0.4) is 0 Å². The molecule has 158 valence electrons. The van der Waals surface area contributed by atoms with Crippen molar-refractivity contribution in [2.45, 2.75) is 24.2 Å². The highest BCUT2D eigenvalue weighted by Crippen LogP contribution is 2.24. The summed E-state index contributed by atoms with van der Waals surface area (Å²) in [4.78, 5) is 15.9. The zero-order valence-corrected chi connectivity index (χ0v) is 18.0. The summed E-state index contributed by atoms with van der Waals surface area (Å²) in [7, 11) is -3.44. The Labute approximate surface area is 181 Å². The molecule has 1 saturated heterocycles. The maximum Gasteiger partial charge on any atom is 0.243 e. The first kappa shape index (κ1) is 20.9. The lowest BCUT2D eigenvalue weighted by atomic mass is 9.98. The highest BCUT2D eigenvalue weighted by atomic mass is 35.5. The number of fused-ring (bicyclic) bond motifs is 1. The molecule has 0 bridgehead atoms. The van der Waals surface area contributed by atoms with E-state index in [4.69, 9.17) is 11.6 Å². The first-order valence-electron chi connectivity index (χ1n) is 10.0. The molecule has 6 nitrogen and oxygen atoms in total. The number of nitrogens with one attached hydrogen (secondary N) is 2. The SMILES string of the molecule is O=C(Cc1c[nH]c2cc(Cl)ccc12)NCC1CCN(S(=O)(=O)c2ccccc2)CC1. The van der Waals surface area contributed by atoms with E-state index in [1.54, 1.807) is 30.3 Å². The molecule has 2 aromatic carbocycles. The second-order valence-electron chi connectivity index (χ2n) is 7.65. The van der Waals surface area contributed by atoms with Gasteiger partial charge in [0.05, 0.1) is 11.3 Å². The van der Waals surface area contributed by atoms with Gasteiger partial charge in [0, 0.05) is 41.8 Å². The normalized spacial score (nSPS) is 16.0. The van der Waals surface area contributed by atoms with E-state index >= 15 is 0 Å². The number of sulfonamides is 1. The summed E-state index contributed by atoms with van der Waals surface area (Å²) >= 11 is 6.00. The van der Waals surface area contributed by atoms with Crippen LogP contribution in [0.2, 0.25) is 5.02 Å². The largest absolute Gasteiger partial charge is 0.361 e. The van der Waals surface area contributed by atoms with Crippen molar-refractivity contribution in [3.8, 4) is 0 Å². The summed E-state index contributed by atoms with van der Waals surface area (Å²) in [5.41, 5.74) is 1.85. The molecule has 8 heteroatoms. The zero-order valence-electron chi connectivity index (χ0n) is 16.5. The van der Waals surface area contributed by atoms with Crippen LogP contribution in [0.5, 0.6) is 0 Å². The molecule has 0 unspecified atom stereocenters. The molecule has 3 aromatic rings. The molecule has 0 saturated carbocycles. The highest BCUT2D eigenvalue weighted by Gasteiger charge is 2.29. The van der Waals surface area contributed by atoms with Crippen LogP contribution in [0.25, 0.3) is 10.9 Å². The van der Waals surface area contributed by atoms with Gasteiger partial charge in [-0.15, -0.1) is 0 Å². The van der Waals surface area contributed by atoms with E-state index in [9.17, 15) is 13.2 Å². The molecule has 1 aliphatic rings. The van der Waals surface area contributed by atoms with Crippen LogP contribution in [0.4, 0.5) is 0 Å². The Bertz CT molecular complexity index is 1140. The summed E-state index contributed by atoms with van der Waals surface area (Å²) in [5.74, 6) is 0.239. The summed E-state index contributed by atoms with van der Waals surface area (Å²) < 4.78 is 27.0. The second kappa shape index (κ2) is 8.79. The van der Waals surface area contributed by atoms with Crippen LogP contribution in [0.15, 0.2) is 59.6 Å². The third kappa shape index (κ3) is 4.53. The Morgan fingerprint density at radius 3 is 2.60 bits per heavy atom. The van der Waals surface area contributed by atoms with Gasteiger partial charge in [-0.05, 0) is 48.6 Å². The molecule has 0 atom stereocenters. The van der Waals surface area contributed by atoms with Gasteiger partial charge in [0.1, 0.15) is 0 Å². The van der Waals surface area contributed by atoms with Gasteiger partial charge < -0.3 is 10.3 Å². The van der Waals surface area contributed by atoms with Crippen molar-refractivity contribution < 1.29 is 13.2 Å². The second-order valence-corrected chi connectivity index (χ2v) is 10.0. The zero-order chi connectivity index (χ0) is 21.1. The standard InChI is InChI=1S/C22H24ClN3O3S/c23-18-6-7-20-17(15-24-21(20)13-18)12-22(27)25-14-16-8-10-26(11-9-16)30(28,29)19-4-2-1-3-5-19/h1-7,13,15-16,24H,8-12,14H2,(H,25,27). The molecule has 4 rings (SSSR count). The number of carbonyl (C=O) groups excluding carboxylic acids is 1. The minimum absolute atomic E-state index is 0.0369. The molecular weight excluding hydrogens is 422 g/mol. The number of amides is 1. The first-order chi connectivity index (χ1) is 14.4. The van der Waals surface area contributed by atoms with E-state index in [-0.39, 0.29) is 11.8 Å². The molecule has 1 aliphatic heterocycles. The predicted octanol–water partition coefficient (Wildman–Crippen LogP) is 3.58. The van der Waals surface area contributed by atoms with Crippen LogP contribution < -0.4 is 5.32 Å². The first-order valence-corrected chi connectivity index (χ1v) is 11.8. The van der Waals surface area contributed by atoms with Crippen molar-refractivity contribution in [1.29, 1.82) is 0 Å². The number of aromatic amines is 1. The molecule has 1 aromatic heterocycles. The van der Waals surface area contributed by atoms with Crippen LogP contribution in [0.1, 0.15) is 18.4 Å². The smallest absolute Gasteiger partial charge is 0.243 e. The summed E-state index contributed by atoms with van der Waals surface area (Å²) in [6.07, 6.45) is 3.60. The van der Waals surface area contributed by atoms with Gasteiger partial charge >= 0.3 is 0 Å². The number of H-pyrrole nitrogens is 1. The monoisotopic (exact) mass is 445 g/mol. The Morgan fingerprint density at radius 1 is 1.13 bits per heavy atom. The Balaban J connectivity index is 1.28. The minimum atomic E-state index is -3.44. The molecule has 0 radical (unpaired) electrons. The van der Waals surface area contributed by atoms with Gasteiger partial charge in [-0.1, -0.05) is 35.9 Å². The molecule has 0 aliphatic carbocycles. The van der Waals surface area contributed by atoms with Gasteiger partial charge in [-0.2, -0.15) is 4.31 Å². The van der Waals surface area contributed by atoms with E-state index in [1.165, 1.54) is 4.31 Å². The third-order valence-corrected chi connectivity index (χ3v) is 7.77. The van der Waals surface area contributed by atoms with Crippen LogP contribution >= 0.6 is 11.6 Å². The number of nitrogens with zero attached hydrogens (tertiary/aromatic N) is 1. The quantitative estimate of drug-likeness (QED) is 0.608. The number of hydrogen-bond acceptors (Lipinski definition) is 3. The fraction of sp³-hybridized carbons (Fsp3) is 0.318. The number of rotatable bonds is 6. The van der Waals surface area contributed by atoms with Crippen molar-refractivity contribution in [3.63, 3.8) is 0 Å². The van der Waals surface area contributed by atoms with Gasteiger partial charge in [0.25, 0.3) is 0 Å². The lowest BCUT2D eigenvalue weighted by molar-refractivity contribution is -0.120. The fourth-order valence-corrected chi connectivity index (χ4v) is 5.56. The minimum Gasteiger partial charge on any atom is -0.361 e. The lowest BCUT2D eigenvalue weighted by Gasteiger charge is -2.31. The summed E-state index contributed by atoms with van der Waals surface area (Å²) in [5, 5.41) is 4.65. The average molecular weight is 446 g/mol. The number of benzene rings is 2.